The largest absolute Gasteiger partial charge is 0.423 e. The molecule has 0 bridgehead atoms. The highest BCUT2D eigenvalue weighted by molar-refractivity contribution is 5.77. The molecule has 1 heterocycles. The Morgan fingerprint density at radius 3 is 2.55 bits per heavy atom. The Morgan fingerprint density at radius 1 is 1.15 bits per heavy atom. The van der Waals surface area contributed by atoms with Crippen molar-refractivity contribution in [3.8, 4) is 5.75 Å². The summed E-state index contributed by atoms with van der Waals surface area (Å²) >= 11 is 0. The van der Waals surface area contributed by atoms with Gasteiger partial charge in [0.05, 0.1) is 5.92 Å². The maximum Gasteiger partial charge on any atom is 0.314 e. The molecular formula is C17H21FO2. The van der Waals surface area contributed by atoms with Crippen LogP contribution in [0.3, 0.4) is 0 Å². The lowest BCUT2D eigenvalue weighted by molar-refractivity contribution is -0.139. The van der Waals surface area contributed by atoms with Gasteiger partial charge >= 0.3 is 5.97 Å². The first-order chi connectivity index (χ1) is 9.56. The molecule has 1 fully saturated rings. The summed E-state index contributed by atoms with van der Waals surface area (Å²) in [4.78, 5) is 11.7. The summed E-state index contributed by atoms with van der Waals surface area (Å²) in [6.45, 7) is 4.07. The van der Waals surface area contributed by atoms with Gasteiger partial charge in [0.1, 0.15) is 0 Å². The van der Waals surface area contributed by atoms with E-state index in [-0.39, 0.29) is 29.4 Å². The van der Waals surface area contributed by atoms with Crippen LogP contribution >= 0.6 is 0 Å². The molecule has 1 aromatic carbocycles. The fourth-order valence-electron chi connectivity index (χ4n) is 3.38. The van der Waals surface area contributed by atoms with E-state index < -0.39 is 0 Å². The molecule has 2 aliphatic rings. The lowest BCUT2D eigenvalue weighted by Gasteiger charge is -2.28. The van der Waals surface area contributed by atoms with Crippen molar-refractivity contribution in [1.29, 1.82) is 0 Å². The Kier molecular flexibility index (Phi) is 3.53. The summed E-state index contributed by atoms with van der Waals surface area (Å²) in [7, 11) is 0. The zero-order chi connectivity index (χ0) is 14.3. The smallest absolute Gasteiger partial charge is 0.314 e. The Balaban J connectivity index is 1.91. The number of fused-ring (bicyclic) bond motifs is 1. The molecule has 1 atom stereocenters. The van der Waals surface area contributed by atoms with Crippen LogP contribution in [0.2, 0.25) is 0 Å². The van der Waals surface area contributed by atoms with E-state index in [1.54, 1.807) is 0 Å². The van der Waals surface area contributed by atoms with Gasteiger partial charge in [-0.15, -0.1) is 0 Å². The van der Waals surface area contributed by atoms with E-state index in [9.17, 15) is 9.18 Å². The summed E-state index contributed by atoms with van der Waals surface area (Å²) in [5.74, 6) is 0.404. The van der Waals surface area contributed by atoms with E-state index in [0.717, 1.165) is 42.7 Å². The highest BCUT2D eigenvalue weighted by atomic mass is 19.1. The van der Waals surface area contributed by atoms with E-state index in [1.807, 2.05) is 19.1 Å². The van der Waals surface area contributed by atoms with Gasteiger partial charge in [0.15, 0.2) is 11.6 Å². The number of carbonyl (C=O) groups is 1. The minimum absolute atomic E-state index is 0.178. The van der Waals surface area contributed by atoms with Gasteiger partial charge in [0, 0.05) is 0 Å². The highest BCUT2D eigenvalue weighted by Crippen LogP contribution is 2.41. The first kappa shape index (κ1) is 13.6. The van der Waals surface area contributed by atoms with Crippen LogP contribution in [0.25, 0.3) is 0 Å². The molecule has 3 rings (SSSR count). The molecule has 1 aromatic rings. The monoisotopic (exact) mass is 276 g/mol. The van der Waals surface area contributed by atoms with Gasteiger partial charge in [-0.1, -0.05) is 38.8 Å². The second-order valence-corrected chi connectivity index (χ2v) is 6.44. The number of benzene rings is 1. The van der Waals surface area contributed by atoms with Crippen molar-refractivity contribution < 1.29 is 13.9 Å². The average Bonchev–Trinajstić information content (AvgIpc) is 2.43. The molecule has 0 saturated heterocycles. The lowest BCUT2D eigenvalue weighted by atomic mass is 9.79. The summed E-state index contributed by atoms with van der Waals surface area (Å²) in [6, 6.07) is 3.84. The molecule has 20 heavy (non-hydrogen) atoms. The molecule has 2 nitrogen and oxygen atoms in total. The van der Waals surface area contributed by atoms with Crippen LogP contribution in [0.5, 0.6) is 5.75 Å². The zero-order valence-corrected chi connectivity index (χ0v) is 12.1. The molecule has 0 amide bonds. The standard InChI is InChI=1S/C17H21FO2/c1-10-3-5-12(6-4-10)14-8-7-13-9-11(2)17(19)20-16(13)15(14)18/h7-8,10-12H,3-6,9H2,1-2H3. The summed E-state index contributed by atoms with van der Waals surface area (Å²) in [5.41, 5.74) is 1.56. The van der Waals surface area contributed by atoms with E-state index in [2.05, 4.69) is 6.92 Å². The Labute approximate surface area is 119 Å². The fourth-order valence-corrected chi connectivity index (χ4v) is 3.38. The summed E-state index contributed by atoms with van der Waals surface area (Å²) in [5, 5.41) is 0. The lowest BCUT2D eigenvalue weighted by Crippen LogP contribution is -2.26. The van der Waals surface area contributed by atoms with Crippen molar-refractivity contribution in [2.45, 2.75) is 51.9 Å². The predicted octanol–water partition coefficient (Wildman–Crippen LogP) is 4.22. The van der Waals surface area contributed by atoms with Crippen LogP contribution in [0.15, 0.2) is 12.1 Å². The minimum Gasteiger partial charge on any atom is -0.423 e. The number of ether oxygens (including phenoxy) is 1. The third kappa shape index (κ3) is 2.34. The van der Waals surface area contributed by atoms with Crippen LogP contribution in [-0.2, 0) is 11.2 Å². The highest BCUT2D eigenvalue weighted by Gasteiger charge is 2.30. The normalized spacial score (nSPS) is 29.8. The molecule has 1 saturated carbocycles. The maximum atomic E-state index is 14.7. The molecule has 0 N–H and O–H groups in total. The number of hydrogen-bond acceptors (Lipinski definition) is 2. The van der Waals surface area contributed by atoms with Crippen molar-refractivity contribution in [3.63, 3.8) is 0 Å². The number of carbonyl (C=O) groups excluding carboxylic acids is 1. The molecule has 3 heteroatoms. The molecule has 0 aromatic heterocycles. The Bertz CT molecular complexity index is 530. The quantitative estimate of drug-likeness (QED) is 0.567. The molecule has 1 unspecified atom stereocenters. The Hall–Kier alpha value is -1.38. The van der Waals surface area contributed by atoms with Crippen LogP contribution in [-0.4, -0.2) is 5.97 Å². The SMILES string of the molecule is CC1CCC(c2ccc3c(c2F)OC(=O)C(C)C3)CC1. The van der Waals surface area contributed by atoms with Crippen LogP contribution in [0.1, 0.15) is 56.6 Å². The van der Waals surface area contributed by atoms with E-state index >= 15 is 0 Å². The summed E-state index contributed by atoms with van der Waals surface area (Å²) < 4.78 is 19.9. The number of esters is 1. The average molecular weight is 276 g/mol. The fraction of sp³-hybridized carbons (Fsp3) is 0.588. The topological polar surface area (TPSA) is 26.3 Å². The van der Waals surface area contributed by atoms with E-state index in [0.29, 0.717) is 6.42 Å². The third-order valence-electron chi connectivity index (χ3n) is 4.80. The zero-order valence-electron chi connectivity index (χ0n) is 12.1. The number of halogens is 1. The molecular weight excluding hydrogens is 255 g/mol. The number of rotatable bonds is 1. The van der Waals surface area contributed by atoms with Gasteiger partial charge in [-0.2, -0.15) is 0 Å². The van der Waals surface area contributed by atoms with Crippen LogP contribution in [0.4, 0.5) is 4.39 Å². The molecule has 0 radical (unpaired) electrons. The third-order valence-corrected chi connectivity index (χ3v) is 4.80. The van der Waals surface area contributed by atoms with Crippen molar-refractivity contribution in [2.75, 3.05) is 0 Å². The minimum atomic E-state index is -0.314. The number of hydrogen-bond donors (Lipinski definition) is 0. The van der Waals surface area contributed by atoms with E-state index in [1.165, 1.54) is 0 Å². The molecule has 1 aliphatic carbocycles. The molecule has 0 spiro atoms. The summed E-state index contributed by atoms with van der Waals surface area (Å²) in [6.07, 6.45) is 4.94. The predicted molar refractivity (Wildman–Crippen MR) is 75.3 cm³/mol. The first-order valence-corrected chi connectivity index (χ1v) is 7.59. The van der Waals surface area contributed by atoms with Crippen molar-refractivity contribution in [2.24, 2.45) is 11.8 Å². The second-order valence-electron chi connectivity index (χ2n) is 6.44. The van der Waals surface area contributed by atoms with Gasteiger partial charge in [0.2, 0.25) is 0 Å². The van der Waals surface area contributed by atoms with Gasteiger partial charge < -0.3 is 4.74 Å². The second kappa shape index (κ2) is 5.19. The maximum absolute atomic E-state index is 14.7. The Morgan fingerprint density at radius 2 is 1.85 bits per heavy atom. The molecule has 1 aliphatic heterocycles. The first-order valence-electron chi connectivity index (χ1n) is 7.59. The van der Waals surface area contributed by atoms with Gasteiger partial charge in [-0.3, -0.25) is 4.79 Å². The van der Waals surface area contributed by atoms with E-state index in [4.69, 9.17) is 4.74 Å². The van der Waals surface area contributed by atoms with Crippen molar-refractivity contribution >= 4 is 5.97 Å². The van der Waals surface area contributed by atoms with Crippen LogP contribution in [0, 0.1) is 17.7 Å². The van der Waals surface area contributed by atoms with Gasteiger partial charge in [-0.05, 0) is 42.2 Å². The van der Waals surface area contributed by atoms with Crippen molar-refractivity contribution in [1.82, 2.24) is 0 Å². The van der Waals surface area contributed by atoms with Gasteiger partial charge in [0.25, 0.3) is 0 Å². The van der Waals surface area contributed by atoms with Crippen LogP contribution < -0.4 is 4.74 Å². The van der Waals surface area contributed by atoms with Crippen molar-refractivity contribution in [3.05, 3.63) is 29.1 Å². The molecule has 108 valence electrons. The van der Waals surface area contributed by atoms with Gasteiger partial charge in [-0.25, -0.2) is 4.39 Å².